The summed E-state index contributed by atoms with van der Waals surface area (Å²) in [6, 6.07) is 1.97. The molecule has 0 unspecified atom stereocenters. The van der Waals surface area contributed by atoms with Gasteiger partial charge < -0.3 is 5.32 Å². The van der Waals surface area contributed by atoms with E-state index >= 15 is 0 Å². The highest BCUT2D eigenvalue weighted by Crippen LogP contribution is 2.15. The summed E-state index contributed by atoms with van der Waals surface area (Å²) in [6.45, 7) is 1.99. The molecule has 0 aliphatic heterocycles. The average molecular weight is 174 g/mol. The summed E-state index contributed by atoms with van der Waals surface area (Å²) in [5.41, 5.74) is 2.59. The second-order valence-corrected chi connectivity index (χ2v) is 2.80. The van der Waals surface area contributed by atoms with E-state index in [1.807, 2.05) is 20.0 Å². The Bertz CT molecular complexity index is 439. The molecule has 2 heterocycles. The number of nitrogens with zero attached hydrogens (tertiary/aromatic N) is 3. The van der Waals surface area contributed by atoms with Crippen LogP contribution in [0.5, 0.6) is 0 Å². The van der Waals surface area contributed by atoms with E-state index < -0.39 is 0 Å². The quantitative estimate of drug-likeness (QED) is 0.709. The Kier molecular flexibility index (Phi) is 1.81. The molecule has 2 rings (SSSR count). The molecule has 0 aliphatic carbocycles. The van der Waals surface area contributed by atoms with Crippen LogP contribution in [0.4, 0.5) is 5.82 Å². The molecule has 0 atom stereocenters. The third-order valence-corrected chi connectivity index (χ3v) is 1.89. The molecule has 0 saturated heterocycles. The van der Waals surface area contributed by atoms with Gasteiger partial charge in [0.15, 0.2) is 5.65 Å². The van der Waals surface area contributed by atoms with Gasteiger partial charge in [0.25, 0.3) is 0 Å². The molecule has 0 bridgehead atoms. The topological polar surface area (TPSA) is 50.7 Å². The van der Waals surface area contributed by atoms with Gasteiger partial charge in [-0.1, -0.05) is 0 Å². The number of hydrogen-bond acceptors (Lipinski definition) is 4. The van der Waals surface area contributed by atoms with E-state index in [1.54, 1.807) is 12.4 Å². The number of fused-ring (bicyclic) bond motifs is 1. The van der Waals surface area contributed by atoms with Gasteiger partial charge in [-0.05, 0) is 18.6 Å². The second-order valence-electron chi connectivity index (χ2n) is 2.80. The first-order valence-electron chi connectivity index (χ1n) is 4.07. The predicted molar refractivity (Wildman–Crippen MR) is 51.6 cm³/mol. The van der Waals surface area contributed by atoms with Gasteiger partial charge in [-0.2, -0.15) is 0 Å². The second kappa shape index (κ2) is 2.97. The molecule has 2 aromatic rings. The lowest BCUT2D eigenvalue weighted by molar-refractivity contribution is 1.19. The van der Waals surface area contributed by atoms with E-state index in [2.05, 4.69) is 20.3 Å². The number of hydrogen-bond donors (Lipinski definition) is 1. The number of rotatable bonds is 1. The van der Waals surface area contributed by atoms with E-state index in [9.17, 15) is 0 Å². The van der Waals surface area contributed by atoms with Crippen LogP contribution in [0.15, 0.2) is 18.5 Å². The van der Waals surface area contributed by atoms with Gasteiger partial charge in [0.1, 0.15) is 11.3 Å². The van der Waals surface area contributed by atoms with Crippen LogP contribution in [-0.2, 0) is 0 Å². The summed E-state index contributed by atoms with van der Waals surface area (Å²) in [6.07, 6.45) is 3.31. The van der Waals surface area contributed by atoms with Crippen molar-refractivity contribution in [3.8, 4) is 0 Å². The fourth-order valence-corrected chi connectivity index (χ4v) is 1.25. The Morgan fingerprint density at radius 3 is 2.77 bits per heavy atom. The average Bonchev–Trinajstić information content (AvgIpc) is 2.17. The molecular formula is C9H10N4. The van der Waals surface area contributed by atoms with Crippen LogP contribution in [0.25, 0.3) is 11.2 Å². The van der Waals surface area contributed by atoms with Crippen LogP contribution in [0, 0.1) is 6.92 Å². The Morgan fingerprint density at radius 1 is 1.23 bits per heavy atom. The largest absolute Gasteiger partial charge is 0.373 e. The number of pyridine rings is 1. The summed E-state index contributed by atoms with van der Waals surface area (Å²) in [5.74, 6) is 0.855. The molecule has 0 spiro atoms. The molecule has 4 nitrogen and oxygen atoms in total. The van der Waals surface area contributed by atoms with E-state index in [-0.39, 0.29) is 0 Å². The Hall–Kier alpha value is -1.71. The zero-order chi connectivity index (χ0) is 9.26. The van der Waals surface area contributed by atoms with Gasteiger partial charge in [-0.3, -0.25) is 4.98 Å². The van der Waals surface area contributed by atoms with E-state index in [1.165, 1.54) is 0 Å². The maximum absolute atomic E-state index is 4.31. The highest BCUT2D eigenvalue weighted by atomic mass is 15.0. The summed E-state index contributed by atoms with van der Waals surface area (Å²) < 4.78 is 0. The van der Waals surface area contributed by atoms with Gasteiger partial charge >= 0.3 is 0 Å². The van der Waals surface area contributed by atoms with Gasteiger partial charge in [0.2, 0.25) is 0 Å². The van der Waals surface area contributed by atoms with Crippen molar-refractivity contribution >= 4 is 17.0 Å². The van der Waals surface area contributed by atoms with Crippen molar-refractivity contribution in [1.29, 1.82) is 0 Å². The van der Waals surface area contributed by atoms with Crippen LogP contribution >= 0.6 is 0 Å². The van der Waals surface area contributed by atoms with Crippen LogP contribution in [0.3, 0.4) is 0 Å². The molecule has 0 aliphatic rings. The maximum Gasteiger partial charge on any atom is 0.180 e. The Morgan fingerprint density at radius 2 is 2.00 bits per heavy atom. The minimum Gasteiger partial charge on any atom is -0.373 e. The fourth-order valence-electron chi connectivity index (χ4n) is 1.25. The highest BCUT2D eigenvalue weighted by Gasteiger charge is 2.01. The van der Waals surface area contributed by atoms with Crippen molar-refractivity contribution < 1.29 is 0 Å². The van der Waals surface area contributed by atoms with Crippen LogP contribution in [0.2, 0.25) is 0 Å². The zero-order valence-electron chi connectivity index (χ0n) is 7.57. The molecule has 0 fully saturated rings. The van der Waals surface area contributed by atoms with Gasteiger partial charge in [0, 0.05) is 19.4 Å². The van der Waals surface area contributed by atoms with E-state index in [4.69, 9.17) is 0 Å². The molecule has 66 valence electrons. The number of anilines is 1. The molecule has 0 radical (unpaired) electrons. The molecule has 0 amide bonds. The molecule has 0 aromatic carbocycles. The van der Waals surface area contributed by atoms with Crippen molar-refractivity contribution in [2.24, 2.45) is 0 Å². The third-order valence-electron chi connectivity index (χ3n) is 1.89. The number of aryl methyl sites for hydroxylation is 1. The van der Waals surface area contributed by atoms with Crippen molar-refractivity contribution in [1.82, 2.24) is 15.0 Å². The van der Waals surface area contributed by atoms with E-state index in [0.717, 1.165) is 16.9 Å². The zero-order valence-corrected chi connectivity index (χ0v) is 7.57. The first-order chi connectivity index (χ1) is 6.31. The molecular weight excluding hydrogens is 164 g/mol. The lowest BCUT2D eigenvalue weighted by atomic mass is 10.2. The summed E-state index contributed by atoms with van der Waals surface area (Å²) in [4.78, 5) is 12.6. The highest BCUT2D eigenvalue weighted by molar-refractivity contribution is 5.73. The minimum atomic E-state index is 0.678. The van der Waals surface area contributed by atoms with Crippen LogP contribution in [0.1, 0.15) is 5.56 Å². The summed E-state index contributed by atoms with van der Waals surface area (Å²) >= 11 is 0. The molecule has 0 saturated carbocycles. The Balaban J connectivity index is 2.74. The first kappa shape index (κ1) is 7.91. The molecule has 4 heteroatoms. The third kappa shape index (κ3) is 1.30. The van der Waals surface area contributed by atoms with Crippen LogP contribution < -0.4 is 5.32 Å². The van der Waals surface area contributed by atoms with Gasteiger partial charge in [0.05, 0.1) is 0 Å². The smallest absolute Gasteiger partial charge is 0.180 e. The van der Waals surface area contributed by atoms with Crippen molar-refractivity contribution in [2.75, 3.05) is 12.4 Å². The monoisotopic (exact) mass is 174 g/mol. The van der Waals surface area contributed by atoms with Gasteiger partial charge in [-0.15, -0.1) is 0 Å². The van der Waals surface area contributed by atoms with E-state index in [0.29, 0.717) is 5.65 Å². The Labute approximate surface area is 76.1 Å². The fraction of sp³-hybridized carbons (Fsp3) is 0.222. The van der Waals surface area contributed by atoms with Crippen molar-refractivity contribution in [2.45, 2.75) is 6.92 Å². The lowest BCUT2D eigenvalue weighted by Crippen LogP contribution is -1.97. The summed E-state index contributed by atoms with van der Waals surface area (Å²) in [5, 5.41) is 3.01. The molecule has 13 heavy (non-hydrogen) atoms. The van der Waals surface area contributed by atoms with Crippen LogP contribution in [-0.4, -0.2) is 22.0 Å². The number of aromatic nitrogens is 3. The van der Waals surface area contributed by atoms with Gasteiger partial charge in [-0.25, -0.2) is 9.97 Å². The SMILES string of the molecule is CNc1nc2nccnc2cc1C. The number of nitrogens with one attached hydrogen (secondary N) is 1. The van der Waals surface area contributed by atoms with Crippen molar-refractivity contribution in [3.05, 3.63) is 24.0 Å². The minimum absolute atomic E-state index is 0.678. The molecule has 2 aromatic heterocycles. The molecule has 1 N–H and O–H groups in total. The summed E-state index contributed by atoms with van der Waals surface area (Å²) in [7, 11) is 1.84. The first-order valence-corrected chi connectivity index (χ1v) is 4.07. The lowest BCUT2D eigenvalue weighted by Gasteiger charge is -2.04. The predicted octanol–water partition coefficient (Wildman–Crippen LogP) is 1.37. The maximum atomic E-state index is 4.31. The van der Waals surface area contributed by atoms with Crippen molar-refractivity contribution in [3.63, 3.8) is 0 Å². The normalized spacial score (nSPS) is 10.3. The standard InChI is InChI=1S/C9H10N4/c1-6-5-7-9(12-4-3-11-7)13-8(6)10-2/h3-5H,1-2H3,(H,10,12,13).